The van der Waals surface area contributed by atoms with Gasteiger partial charge < -0.3 is 9.84 Å². The fraction of sp³-hybridized carbons (Fsp3) is 0.417. The molecule has 1 aliphatic carbocycles. The number of ether oxygens (including phenoxy) is 1. The standard InChI is InChI=1S/C12H14O5S/c1-17-8-12(11(13)14)7-10(12)18(15,16)9-5-3-2-4-6-9/h2-6,10H,7-8H2,1H3,(H,13,14)/t10-,12-/m1/s1. The van der Waals surface area contributed by atoms with Crippen molar-refractivity contribution in [2.45, 2.75) is 16.6 Å². The van der Waals surface area contributed by atoms with Crippen molar-refractivity contribution in [2.24, 2.45) is 5.41 Å². The molecule has 2 atom stereocenters. The normalized spacial score (nSPS) is 26.8. The summed E-state index contributed by atoms with van der Waals surface area (Å²) in [5.74, 6) is -1.12. The Hall–Kier alpha value is -1.40. The molecule has 0 spiro atoms. The Kier molecular flexibility index (Phi) is 3.16. The first kappa shape index (κ1) is 13.0. The third-order valence-electron chi connectivity index (χ3n) is 3.28. The average molecular weight is 270 g/mol. The summed E-state index contributed by atoms with van der Waals surface area (Å²) >= 11 is 0. The molecule has 0 bridgehead atoms. The van der Waals surface area contributed by atoms with Crippen LogP contribution in [0, 0.1) is 5.41 Å². The van der Waals surface area contributed by atoms with E-state index in [1.807, 2.05) is 0 Å². The Morgan fingerprint density at radius 2 is 2.06 bits per heavy atom. The van der Waals surface area contributed by atoms with Crippen LogP contribution in [0.4, 0.5) is 0 Å². The van der Waals surface area contributed by atoms with Crippen molar-refractivity contribution in [3.8, 4) is 0 Å². The maximum absolute atomic E-state index is 12.3. The second-order valence-electron chi connectivity index (χ2n) is 4.45. The van der Waals surface area contributed by atoms with E-state index in [-0.39, 0.29) is 17.9 Å². The predicted octanol–water partition coefficient (Wildman–Crippen LogP) is 0.950. The molecule has 0 saturated heterocycles. The topological polar surface area (TPSA) is 80.7 Å². The van der Waals surface area contributed by atoms with Crippen LogP contribution < -0.4 is 0 Å². The highest BCUT2D eigenvalue weighted by Gasteiger charge is 2.66. The summed E-state index contributed by atoms with van der Waals surface area (Å²) in [6, 6.07) is 7.91. The molecule has 5 nitrogen and oxygen atoms in total. The SMILES string of the molecule is COC[C@]1(C(=O)O)C[C@H]1S(=O)(=O)c1ccccc1. The van der Waals surface area contributed by atoms with Crippen LogP contribution in [-0.2, 0) is 19.4 Å². The zero-order chi connectivity index (χ0) is 13.4. The third-order valence-corrected chi connectivity index (χ3v) is 5.58. The largest absolute Gasteiger partial charge is 0.481 e. The summed E-state index contributed by atoms with van der Waals surface area (Å²) in [7, 11) is -2.23. The molecule has 0 aromatic heterocycles. The second kappa shape index (κ2) is 4.37. The zero-order valence-electron chi connectivity index (χ0n) is 9.87. The van der Waals surface area contributed by atoms with Crippen LogP contribution in [0.25, 0.3) is 0 Å². The van der Waals surface area contributed by atoms with E-state index < -0.39 is 26.5 Å². The Morgan fingerprint density at radius 1 is 1.44 bits per heavy atom. The number of carboxylic acids is 1. The van der Waals surface area contributed by atoms with Crippen LogP contribution in [0.15, 0.2) is 35.2 Å². The Bertz CT molecular complexity index is 551. The van der Waals surface area contributed by atoms with Gasteiger partial charge >= 0.3 is 5.97 Å². The molecule has 6 heteroatoms. The minimum Gasteiger partial charge on any atom is -0.481 e. The lowest BCUT2D eigenvalue weighted by Gasteiger charge is -2.11. The van der Waals surface area contributed by atoms with Crippen molar-refractivity contribution in [3.05, 3.63) is 30.3 Å². The van der Waals surface area contributed by atoms with Crippen molar-refractivity contribution in [1.29, 1.82) is 0 Å². The van der Waals surface area contributed by atoms with Crippen LogP contribution in [0.3, 0.4) is 0 Å². The molecule has 1 N–H and O–H groups in total. The summed E-state index contributed by atoms with van der Waals surface area (Å²) in [6.07, 6.45) is 0.105. The van der Waals surface area contributed by atoms with E-state index in [1.54, 1.807) is 18.2 Å². The average Bonchev–Trinajstić information content (AvgIpc) is 3.07. The van der Waals surface area contributed by atoms with E-state index in [4.69, 9.17) is 4.74 Å². The van der Waals surface area contributed by atoms with E-state index in [2.05, 4.69) is 0 Å². The van der Waals surface area contributed by atoms with Crippen LogP contribution in [0.1, 0.15) is 6.42 Å². The highest BCUT2D eigenvalue weighted by Crippen LogP contribution is 2.52. The van der Waals surface area contributed by atoms with Gasteiger partial charge in [0, 0.05) is 7.11 Å². The van der Waals surface area contributed by atoms with Gasteiger partial charge in [-0.1, -0.05) is 18.2 Å². The molecule has 0 unspecified atom stereocenters. The zero-order valence-corrected chi connectivity index (χ0v) is 10.7. The van der Waals surface area contributed by atoms with Crippen LogP contribution in [0.5, 0.6) is 0 Å². The molecule has 0 amide bonds. The molecule has 1 fully saturated rings. The van der Waals surface area contributed by atoms with E-state index in [9.17, 15) is 18.3 Å². The van der Waals surface area contributed by atoms with Crippen molar-refractivity contribution in [2.75, 3.05) is 13.7 Å². The van der Waals surface area contributed by atoms with Gasteiger partial charge in [-0.05, 0) is 18.6 Å². The molecule has 18 heavy (non-hydrogen) atoms. The van der Waals surface area contributed by atoms with Gasteiger partial charge in [-0.15, -0.1) is 0 Å². The maximum atomic E-state index is 12.3. The number of rotatable bonds is 5. The van der Waals surface area contributed by atoms with Crippen LogP contribution >= 0.6 is 0 Å². The summed E-state index contributed by atoms with van der Waals surface area (Å²) < 4.78 is 29.4. The van der Waals surface area contributed by atoms with E-state index in [1.165, 1.54) is 19.2 Å². The van der Waals surface area contributed by atoms with Gasteiger partial charge in [0.1, 0.15) is 5.41 Å². The summed E-state index contributed by atoms with van der Waals surface area (Å²) in [6.45, 7) is -0.0843. The van der Waals surface area contributed by atoms with Gasteiger partial charge in [0.15, 0.2) is 9.84 Å². The van der Waals surface area contributed by atoms with Crippen molar-refractivity contribution < 1.29 is 23.1 Å². The number of carboxylic acid groups (broad SMARTS) is 1. The quantitative estimate of drug-likeness (QED) is 0.861. The van der Waals surface area contributed by atoms with E-state index >= 15 is 0 Å². The first-order valence-corrected chi connectivity index (χ1v) is 7.01. The number of sulfone groups is 1. The third kappa shape index (κ3) is 1.91. The molecule has 1 aliphatic rings. The Balaban J connectivity index is 2.33. The number of hydrogen-bond acceptors (Lipinski definition) is 4. The van der Waals surface area contributed by atoms with Gasteiger partial charge in [0.05, 0.1) is 16.8 Å². The smallest absolute Gasteiger partial charge is 0.313 e. The molecule has 2 rings (SSSR count). The number of carbonyl (C=O) groups is 1. The molecule has 1 aromatic carbocycles. The van der Waals surface area contributed by atoms with Crippen LogP contribution in [-0.4, -0.2) is 38.5 Å². The second-order valence-corrected chi connectivity index (χ2v) is 6.58. The predicted molar refractivity (Wildman–Crippen MR) is 64.0 cm³/mol. The molecule has 1 aromatic rings. The summed E-state index contributed by atoms with van der Waals surface area (Å²) in [5.41, 5.74) is -1.29. The van der Waals surface area contributed by atoms with Crippen molar-refractivity contribution >= 4 is 15.8 Å². The summed E-state index contributed by atoms with van der Waals surface area (Å²) in [5, 5.41) is 8.27. The van der Waals surface area contributed by atoms with E-state index in [0.717, 1.165) is 0 Å². The molecule has 98 valence electrons. The monoisotopic (exact) mass is 270 g/mol. The Labute approximate surface area is 105 Å². The van der Waals surface area contributed by atoms with Gasteiger partial charge in [-0.25, -0.2) is 8.42 Å². The lowest BCUT2D eigenvalue weighted by atomic mass is 10.1. The van der Waals surface area contributed by atoms with Gasteiger partial charge in [-0.2, -0.15) is 0 Å². The highest BCUT2D eigenvalue weighted by molar-refractivity contribution is 7.92. The molecule has 1 saturated carbocycles. The first-order chi connectivity index (χ1) is 8.45. The molecule has 0 heterocycles. The minimum atomic E-state index is -3.60. The van der Waals surface area contributed by atoms with Crippen LogP contribution in [0.2, 0.25) is 0 Å². The van der Waals surface area contributed by atoms with Crippen molar-refractivity contribution in [3.63, 3.8) is 0 Å². The lowest BCUT2D eigenvalue weighted by Crippen LogP contribution is -2.28. The number of hydrogen-bond donors (Lipinski definition) is 1. The molecule has 0 radical (unpaired) electrons. The fourth-order valence-electron chi connectivity index (χ4n) is 2.15. The first-order valence-electron chi connectivity index (χ1n) is 5.46. The number of benzene rings is 1. The molecular formula is C12H14O5S. The fourth-order valence-corrected chi connectivity index (χ4v) is 4.29. The van der Waals surface area contributed by atoms with Crippen molar-refractivity contribution in [1.82, 2.24) is 0 Å². The van der Waals surface area contributed by atoms with Gasteiger partial charge in [-0.3, -0.25) is 4.79 Å². The summed E-state index contributed by atoms with van der Waals surface area (Å²) in [4.78, 5) is 11.4. The number of methoxy groups -OCH3 is 1. The maximum Gasteiger partial charge on any atom is 0.313 e. The van der Waals surface area contributed by atoms with E-state index in [0.29, 0.717) is 0 Å². The lowest BCUT2D eigenvalue weighted by molar-refractivity contribution is -0.145. The van der Waals surface area contributed by atoms with Gasteiger partial charge in [0.2, 0.25) is 0 Å². The Morgan fingerprint density at radius 3 is 2.56 bits per heavy atom. The van der Waals surface area contributed by atoms with Gasteiger partial charge in [0.25, 0.3) is 0 Å². The number of aliphatic carboxylic acids is 1. The molecular weight excluding hydrogens is 256 g/mol. The molecule has 0 aliphatic heterocycles. The minimum absolute atomic E-state index is 0.0843. The highest BCUT2D eigenvalue weighted by atomic mass is 32.2.